The molecule has 8 heteroatoms. The Morgan fingerprint density at radius 1 is 1.12 bits per heavy atom. The number of ether oxygens (including phenoxy) is 1. The van der Waals surface area contributed by atoms with Crippen molar-refractivity contribution in [2.75, 3.05) is 18.4 Å². The number of nitrogens with one attached hydrogen (secondary N) is 2. The van der Waals surface area contributed by atoms with Gasteiger partial charge in [-0.25, -0.2) is 4.98 Å². The van der Waals surface area contributed by atoms with Crippen LogP contribution in [0, 0.1) is 0 Å². The molecule has 1 aromatic carbocycles. The van der Waals surface area contributed by atoms with E-state index in [9.17, 15) is 0 Å². The van der Waals surface area contributed by atoms with Crippen molar-refractivity contribution in [2.45, 2.75) is 18.6 Å². The maximum atomic E-state index is 6.37. The largest absolute Gasteiger partial charge is 0.469 e. The van der Waals surface area contributed by atoms with Crippen LogP contribution in [0.2, 0.25) is 0 Å². The molecule has 4 heterocycles. The van der Waals surface area contributed by atoms with Crippen LogP contribution in [0.4, 0.5) is 5.69 Å². The summed E-state index contributed by atoms with van der Waals surface area (Å²) < 4.78 is 8.15. The SMILES string of the molecule is Cn1cc(-c2cnc3c(c2)NC[C@@H]([C@H](NCCc2ccnnc2)c2ccccc2)O3)cn1. The highest BCUT2D eigenvalue weighted by molar-refractivity contribution is 5.69. The fraction of sp³-hybridized carbons (Fsp3) is 0.250. The molecule has 0 amide bonds. The second-order valence-corrected chi connectivity index (χ2v) is 7.86. The smallest absolute Gasteiger partial charge is 0.237 e. The molecule has 2 N–H and O–H groups in total. The predicted octanol–water partition coefficient (Wildman–Crippen LogP) is 3.02. The summed E-state index contributed by atoms with van der Waals surface area (Å²) in [5, 5.41) is 19.2. The summed E-state index contributed by atoms with van der Waals surface area (Å²) in [6, 6.07) is 14.5. The van der Waals surface area contributed by atoms with Gasteiger partial charge in [-0.15, -0.1) is 0 Å². The van der Waals surface area contributed by atoms with Gasteiger partial charge in [0, 0.05) is 36.8 Å². The average Bonchev–Trinajstić information content (AvgIpc) is 3.29. The molecule has 0 aliphatic carbocycles. The van der Waals surface area contributed by atoms with Gasteiger partial charge >= 0.3 is 0 Å². The molecule has 2 atom stereocenters. The molecule has 0 fully saturated rings. The first-order valence-corrected chi connectivity index (χ1v) is 10.7. The van der Waals surface area contributed by atoms with Crippen LogP contribution in [0.3, 0.4) is 0 Å². The molecule has 0 saturated carbocycles. The zero-order chi connectivity index (χ0) is 21.8. The topological polar surface area (TPSA) is 89.8 Å². The predicted molar refractivity (Wildman–Crippen MR) is 122 cm³/mol. The summed E-state index contributed by atoms with van der Waals surface area (Å²) in [7, 11) is 1.91. The molecule has 5 rings (SSSR count). The second kappa shape index (κ2) is 9.15. The summed E-state index contributed by atoms with van der Waals surface area (Å²) in [5.74, 6) is 0.620. The van der Waals surface area contributed by atoms with Gasteiger partial charge in [0.2, 0.25) is 5.88 Å². The van der Waals surface area contributed by atoms with E-state index in [-0.39, 0.29) is 12.1 Å². The zero-order valence-corrected chi connectivity index (χ0v) is 17.8. The van der Waals surface area contributed by atoms with Crippen LogP contribution in [-0.2, 0) is 13.5 Å². The average molecular weight is 428 g/mol. The lowest BCUT2D eigenvalue weighted by Crippen LogP contribution is -2.43. The van der Waals surface area contributed by atoms with E-state index in [1.165, 1.54) is 5.56 Å². The lowest BCUT2D eigenvalue weighted by Gasteiger charge is -2.33. The van der Waals surface area contributed by atoms with Crippen molar-refractivity contribution in [3.05, 3.63) is 84.6 Å². The van der Waals surface area contributed by atoms with Crippen LogP contribution in [0.25, 0.3) is 11.1 Å². The van der Waals surface area contributed by atoms with Crippen molar-refractivity contribution in [2.24, 2.45) is 7.05 Å². The maximum Gasteiger partial charge on any atom is 0.237 e. The fourth-order valence-corrected chi connectivity index (χ4v) is 3.94. The molecule has 0 saturated heterocycles. The summed E-state index contributed by atoms with van der Waals surface area (Å²) in [6.07, 6.45) is 9.94. The molecule has 32 heavy (non-hydrogen) atoms. The van der Waals surface area contributed by atoms with E-state index in [2.05, 4.69) is 61.2 Å². The first-order chi connectivity index (χ1) is 15.8. The quantitative estimate of drug-likeness (QED) is 0.469. The number of pyridine rings is 1. The molecule has 3 aromatic heterocycles. The van der Waals surface area contributed by atoms with Gasteiger partial charge in [0.15, 0.2) is 0 Å². The van der Waals surface area contributed by atoms with Crippen LogP contribution in [-0.4, -0.2) is 44.2 Å². The zero-order valence-electron chi connectivity index (χ0n) is 17.8. The monoisotopic (exact) mass is 427 g/mol. The van der Waals surface area contributed by atoms with Crippen LogP contribution < -0.4 is 15.4 Å². The van der Waals surface area contributed by atoms with Crippen molar-refractivity contribution < 1.29 is 4.74 Å². The van der Waals surface area contributed by atoms with E-state index >= 15 is 0 Å². The van der Waals surface area contributed by atoms with Crippen molar-refractivity contribution in [1.29, 1.82) is 0 Å². The van der Waals surface area contributed by atoms with Gasteiger partial charge in [-0.2, -0.15) is 15.3 Å². The molecule has 0 unspecified atom stereocenters. The van der Waals surface area contributed by atoms with E-state index in [4.69, 9.17) is 4.74 Å². The second-order valence-electron chi connectivity index (χ2n) is 7.86. The van der Waals surface area contributed by atoms with Crippen molar-refractivity contribution in [3.8, 4) is 17.0 Å². The minimum atomic E-state index is -0.0998. The number of anilines is 1. The molecule has 8 nitrogen and oxygen atoms in total. The molecule has 0 spiro atoms. The van der Waals surface area contributed by atoms with Crippen molar-refractivity contribution in [1.82, 2.24) is 30.3 Å². The molecule has 0 radical (unpaired) electrons. The Labute approximate surface area is 186 Å². The minimum Gasteiger partial charge on any atom is -0.469 e. The van der Waals surface area contributed by atoms with Gasteiger partial charge in [0.1, 0.15) is 6.10 Å². The lowest BCUT2D eigenvalue weighted by molar-refractivity contribution is 0.150. The number of fused-ring (bicyclic) bond motifs is 1. The number of hydrogen-bond donors (Lipinski definition) is 2. The standard InChI is InChI=1S/C24H25N7O/c1-31-16-20(14-30-31)19-11-21-24(27-13-19)32-22(15-26-21)23(18-5-3-2-4-6-18)25-9-7-17-8-10-28-29-12-17/h2-6,8,10-14,16,22-23,25-26H,7,9,15H2,1H3/t22-,23+/m0/s1. The summed E-state index contributed by atoms with van der Waals surface area (Å²) >= 11 is 0. The summed E-state index contributed by atoms with van der Waals surface area (Å²) in [6.45, 7) is 1.47. The van der Waals surface area contributed by atoms with Gasteiger partial charge in [0.25, 0.3) is 0 Å². The number of aromatic nitrogens is 5. The number of rotatable bonds is 7. The Morgan fingerprint density at radius 3 is 2.81 bits per heavy atom. The summed E-state index contributed by atoms with van der Waals surface area (Å²) in [4.78, 5) is 4.59. The highest BCUT2D eigenvalue weighted by atomic mass is 16.5. The van der Waals surface area contributed by atoms with Gasteiger partial charge in [0.05, 0.1) is 30.7 Å². The first kappa shape index (κ1) is 20.1. The Hall–Kier alpha value is -3.78. The minimum absolute atomic E-state index is 0.0199. The Morgan fingerprint density at radius 2 is 2.03 bits per heavy atom. The molecule has 4 aromatic rings. The Kier molecular flexibility index (Phi) is 5.76. The Balaban J connectivity index is 1.32. The van der Waals surface area contributed by atoms with Crippen molar-refractivity contribution in [3.63, 3.8) is 0 Å². The third-order valence-corrected chi connectivity index (χ3v) is 5.60. The van der Waals surface area contributed by atoms with Crippen molar-refractivity contribution >= 4 is 5.69 Å². The summed E-state index contributed by atoms with van der Waals surface area (Å²) in [5.41, 5.74) is 5.27. The van der Waals surface area contributed by atoms with E-state index in [1.807, 2.05) is 37.8 Å². The first-order valence-electron chi connectivity index (χ1n) is 10.7. The van der Waals surface area contributed by atoms with E-state index in [1.54, 1.807) is 17.1 Å². The number of benzene rings is 1. The highest BCUT2D eigenvalue weighted by Crippen LogP contribution is 2.34. The van der Waals surface area contributed by atoms with E-state index in [0.717, 1.165) is 35.3 Å². The molecule has 1 aliphatic heterocycles. The molecule has 162 valence electrons. The normalized spacial score (nSPS) is 16.0. The van der Waals surface area contributed by atoms with Gasteiger partial charge in [-0.3, -0.25) is 4.68 Å². The molecule has 0 bridgehead atoms. The third-order valence-electron chi connectivity index (χ3n) is 5.60. The highest BCUT2D eigenvalue weighted by Gasteiger charge is 2.29. The fourth-order valence-electron chi connectivity index (χ4n) is 3.94. The number of hydrogen-bond acceptors (Lipinski definition) is 7. The third kappa shape index (κ3) is 4.45. The number of aryl methyl sites for hydroxylation is 1. The van der Waals surface area contributed by atoms with E-state index in [0.29, 0.717) is 12.4 Å². The number of nitrogens with zero attached hydrogens (tertiary/aromatic N) is 5. The van der Waals surface area contributed by atoms with E-state index < -0.39 is 0 Å². The van der Waals surface area contributed by atoms with Crippen LogP contribution in [0.1, 0.15) is 17.2 Å². The molecular formula is C24H25N7O. The van der Waals surface area contributed by atoms with Gasteiger partial charge in [-0.05, 0) is 36.2 Å². The lowest BCUT2D eigenvalue weighted by atomic mass is 9.99. The Bertz CT molecular complexity index is 1160. The van der Waals surface area contributed by atoms with Crippen LogP contribution in [0.5, 0.6) is 5.88 Å². The van der Waals surface area contributed by atoms with Crippen LogP contribution in [0.15, 0.2) is 73.4 Å². The molecular weight excluding hydrogens is 402 g/mol. The maximum absolute atomic E-state index is 6.37. The molecule has 1 aliphatic rings. The van der Waals surface area contributed by atoms with Crippen LogP contribution >= 0.6 is 0 Å². The van der Waals surface area contributed by atoms with Gasteiger partial charge < -0.3 is 15.4 Å². The van der Waals surface area contributed by atoms with Gasteiger partial charge in [-0.1, -0.05) is 30.3 Å².